The van der Waals surface area contributed by atoms with Gasteiger partial charge in [-0.2, -0.15) is 0 Å². The highest BCUT2D eigenvalue weighted by atomic mass is 19.1. The molecule has 0 saturated carbocycles. The zero-order valence-corrected chi connectivity index (χ0v) is 20.2. The summed E-state index contributed by atoms with van der Waals surface area (Å²) in [6, 6.07) is 11.5. The Balaban J connectivity index is 1.41. The van der Waals surface area contributed by atoms with Gasteiger partial charge in [0.1, 0.15) is 0 Å². The molecule has 0 radical (unpaired) electrons. The second-order valence-electron chi connectivity index (χ2n) is 9.46. The Labute approximate surface area is 200 Å². The van der Waals surface area contributed by atoms with Crippen LogP contribution in [0.1, 0.15) is 38.3 Å². The summed E-state index contributed by atoms with van der Waals surface area (Å²) in [5, 5.41) is 4.60. The van der Waals surface area contributed by atoms with Gasteiger partial charge in [-0.05, 0) is 40.6 Å². The summed E-state index contributed by atoms with van der Waals surface area (Å²) in [7, 11) is 0. The molecule has 4 rings (SSSR count). The zero-order chi connectivity index (χ0) is 24.1. The highest BCUT2D eigenvalue weighted by molar-refractivity contribution is 5.82. The van der Waals surface area contributed by atoms with Gasteiger partial charge >= 0.3 is 0 Å². The van der Waals surface area contributed by atoms with Crippen molar-refractivity contribution in [1.29, 1.82) is 0 Å². The largest absolute Gasteiger partial charge is 0.489 e. The lowest BCUT2D eigenvalue weighted by Crippen LogP contribution is -2.40. The number of ether oxygens (including phenoxy) is 2. The Kier molecular flexibility index (Phi) is 7.73. The number of H-pyrrole nitrogens is 1. The van der Waals surface area contributed by atoms with E-state index in [1.165, 1.54) is 17.0 Å². The van der Waals surface area contributed by atoms with E-state index in [4.69, 9.17) is 9.47 Å². The number of para-hydroxylation sites is 1. The second-order valence-corrected chi connectivity index (χ2v) is 9.46. The van der Waals surface area contributed by atoms with Gasteiger partial charge in [-0.1, -0.05) is 39.0 Å². The minimum absolute atomic E-state index is 0.0480. The monoisotopic (exact) mass is 467 g/mol. The van der Waals surface area contributed by atoms with Crippen LogP contribution in [0.3, 0.4) is 0 Å². The van der Waals surface area contributed by atoms with Crippen LogP contribution in [-0.2, 0) is 17.9 Å². The van der Waals surface area contributed by atoms with Crippen molar-refractivity contribution in [2.45, 2.75) is 40.3 Å². The van der Waals surface area contributed by atoms with Crippen LogP contribution in [0.25, 0.3) is 10.9 Å². The number of benzene rings is 2. The second kappa shape index (κ2) is 10.9. The molecule has 2 N–H and O–H groups in total. The number of carbonyl (C=O) groups is 1. The zero-order valence-electron chi connectivity index (χ0n) is 20.2. The standard InChI is InChI=1S/C27H34FN3O3/c1-18(2)16-31(17-20-12-23(28)26-24(13-20)33-10-5-11-34-26)27(32)19(3)14-29-15-22-7-4-6-21-8-9-30-25(21)22/h4,6-9,12-13,18-19,29-30H,5,10-11,14-17H2,1-3H3. The number of halogens is 1. The molecule has 182 valence electrons. The maximum Gasteiger partial charge on any atom is 0.226 e. The number of rotatable bonds is 9. The number of aromatic amines is 1. The average Bonchev–Trinajstić information content (AvgIpc) is 3.16. The molecule has 0 fully saturated rings. The van der Waals surface area contributed by atoms with E-state index in [0.717, 1.165) is 5.52 Å². The third-order valence-corrected chi connectivity index (χ3v) is 5.99. The molecule has 6 nitrogen and oxygen atoms in total. The molecular weight excluding hydrogens is 433 g/mol. The number of carbonyl (C=O) groups excluding carboxylic acids is 1. The van der Waals surface area contributed by atoms with Crippen molar-refractivity contribution in [2.75, 3.05) is 26.3 Å². The molecule has 1 aliphatic heterocycles. The highest BCUT2D eigenvalue weighted by Crippen LogP contribution is 2.34. The minimum Gasteiger partial charge on any atom is -0.489 e. The first-order valence-electron chi connectivity index (χ1n) is 12.0. The van der Waals surface area contributed by atoms with Crippen LogP contribution in [0.2, 0.25) is 0 Å². The number of aromatic nitrogens is 1. The van der Waals surface area contributed by atoms with Crippen molar-refractivity contribution in [1.82, 2.24) is 15.2 Å². The number of fused-ring (bicyclic) bond motifs is 2. The van der Waals surface area contributed by atoms with Crippen LogP contribution < -0.4 is 14.8 Å². The van der Waals surface area contributed by atoms with Crippen LogP contribution in [0.4, 0.5) is 4.39 Å². The van der Waals surface area contributed by atoms with E-state index >= 15 is 0 Å². The Morgan fingerprint density at radius 1 is 1.18 bits per heavy atom. The SMILES string of the molecule is CC(C)CN(Cc1cc(F)c2c(c1)OCCCO2)C(=O)C(C)CNCc1cccc2cc[nH]c12. The van der Waals surface area contributed by atoms with Crippen LogP contribution >= 0.6 is 0 Å². The van der Waals surface area contributed by atoms with E-state index in [9.17, 15) is 9.18 Å². The van der Waals surface area contributed by atoms with E-state index in [-0.39, 0.29) is 17.6 Å². The predicted molar refractivity (Wildman–Crippen MR) is 131 cm³/mol. The summed E-state index contributed by atoms with van der Waals surface area (Å²) in [5.74, 6) is 0.258. The van der Waals surface area contributed by atoms with E-state index in [1.807, 2.05) is 24.1 Å². The molecule has 1 aliphatic rings. The van der Waals surface area contributed by atoms with Crippen molar-refractivity contribution in [3.05, 3.63) is 59.5 Å². The quantitative estimate of drug-likeness (QED) is 0.471. The van der Waals surface area contributed by atoms with Gasteiger partial charge in [-0.3, -0.25) is 4.79 Å². The Hall–Kier alpha value is -3.06. The minimum atomic E-state index is -0.445. The predicted octanol–water partition coefficient (Wildman–Crippen LogP) is 4.88. The summed E-state index contributed by atoms with van der Waals surface area (Å²) in [6.45, 7) is 9.17. The first kappa shape index (κ1) is 24.1. The third kappa shape index (κ3) is 5.70. The molecule has 1 amide bonds. The van der Waals surface area contributed by atoms with Crippen LogP contribution in [-0.4, -0.2) is 42.1 Å². The van der Waals surface area contributed by atoms with Gasteiger partial charge in [0, 0.05) is 50.2 Å². The molecule has 0 spiro atoms. The summed E-state index contributed by atoms with van der Waals surface area (Å²) >= 11 is 0. The van der Waals surface area contributed by atoms with Crippen molar-refractivity contribution in [2.24, 2.45) is 11.8 Å². The summed E-state index contributed by atoms with van der Waals surface area (Å²) in [4.78, 5) is 18.5. The van der Waals surface area contributed by atoms with Crippen LogP contribution in [0.15, 0.2) is 42.6 Å². The number of amides is 1. The Morgan fingerprint density at radius 2 is 2.00 bits per heavy atom. The van der Waals surface area contributed by atoms with Gasteiger partial charge in [0.15, 0.2) is 17.3 Å². The maximum atomic E-state index is 14.7. The van der Waals surface area contributed by atoms with Gasteiger partial charge in [0.25, 0.3) is 0 Å². The number of nitrogens with zero attached hydrogens (tertiary/aromatic N) is 1. The fraction of sp³-hybridized carbons (Fsp3) is 0.444. The average molecular weight is 468 g/mol. The smallest absolute Gasteiger partial charge is 0.226 e. The van der Waals surface area contributed by atoms with Gasteiger partial charge in [-0.15, -0.1) is 0 Å². The fourth-order valence-corrected chi connectivity index (χ4v) is 4.39. The molecule has 2 aromatic carbocycles. The first-order chi connectivity index (χ1) is 16.4. The first-order valence-corrected chi connectivity index (χ1v) is 12.0. The Bertz CT molecular complexity index is 1130. The maximum absolute atomic E-state index is 14.7. The van der Waals surface area contributed by atoms with Crippen molar-refractivity contribution in [3.8, 4) is 11.5 Å². The lowest BCUT2D eigenvalue weighted by atomic mass is 10.1. The highest BCUT2D eigenvalue weighted by Gasteiger charge is 2.23. The molecule has 1 atom stereocenters. The normalized spacial score (nSPS) is 14.3. The molecule has 34 heavy (non-hydrogen) atoms. The molecule has 7 heteroatoms. The molecule has 3 aromatic rings. The van der Waals surface area contributed by atoms with E-state index in [1.54, 1.807) is 6.07 Å². The summed E-state index contributed by atoms with van der Waals surface area (Å²) in [5.41, 5.74) is 2.99. The van der Waals surface area contributed by atoms with Gasteiger partial charge in [-0.25, -0.2) is 4.39 Å². The van der Waals surface area contributed by atoms with Crippen molar-refractivity contribution >= 4 is 16.8 Å². The van der Waals surface area contributed by atoms with Gasteiger partial charge in [0.05, 0.1) is 13.2 Å². The molecular formula is C27H34FN3O3. The topological polar surface area (TPSA) is 66.6 Å². The van der Waals surface area contributed by atoms with Gasteiger partial charge in [0.2, 0.25) is 5.91 Å². The number of nitrogens with one attached hydrogen (secondary N) is 2. The molecule has 0 bridgehead atoms. The summed E-state index contributed by atoms with van der Waals surface area (Å²) in [6.07, 6.45) is 2.65. The summed E-state index contributed by atoms with van der Waals surface area (Å²) < 4.78 is 25.9. The number of hydrogen-bond donors (Lipinski definition) is 2. The van der Waals surface area contributed by atoms with Crippen LogP contribution in [0, 0.1) is 17.7 Å². The van der Waals surface area contributed by atoms with Crippen molar-refractivity contribution < 1.29 is 18.7 Å². The third-order valence-electron chi connectivity index (χ3n) is 5.99. The van der Waals surface area contributed by atoms with E-state index in [2.05, 4.69) is 42.3 Å². The molecule has 0 saturated heterocycles. The van der Waals surface area contributed by atoms with Gasteiger partial charge < -0.3 is 24.7 Å². The lowest BCUT2D eigenvalue weighted by Gasteiger charge is -2.28. The fourth-order valence-electron chi connectivity index (χ4n) is 4.39. The molecule has 1 aromatic heterocycles. The molecule has 1 unspecified atom stereocenters. The van der Waals surface area contributed by atoms with E-state index in [0.29, 0.717) is 63.0 Å². The lowest BCUT2D eigenvalue weighted by molar-refractivity contribution is -0.136. The number of hydrogen-bond acceptors (Lipinski definition) is 4. The molecule has 0 aliphatic carbocycles. The van der Waals surface area contributed by atoms with Crippen LogP contribution in [0.5, 0.6) is 11.5 Å². The Morgan fingerprint density at radius 3 is 2.82 bits per heavy atom. The van der Waals surface area contributed by atoms with E-state index < -0.39 is 5.82 Å². The van der Waals surface area contributed by atoms with Crippen molar-refractivity contribution in [3.63, 3.8) is 0 Å². The molecule has 2 heterocycles.